The van der Waals surface area contributed by atoms with Gasteiger partial charge in [0.15, 0.2) is 5.65 Å². The number of aromatic nitrogens is 3. The molecule has 2 heterocycles. The van der Waals surface area contributed by atoms with Crippen LogP contribution >= 0.6 is 0 Å². The Balaban J connectivity index is 1.76. The highest BCUT2D eigenvalue weighted by molar-refractivity contribution is 5.78. The number of hydrogen-bond acceptors (Lipinski definition) is 4. The van der Waals surface area contributed by atoms with Crippen molar-refractivity contribution < 1.29 is 4.79 Å². The fourth-order valence-corrected chi connectivity index (χ4v) is 3.53. The van der Waals surface area contributed by atoms with Crippen LogP contribution in [0, 0.1) is 5.92 Å². The summed E-state index contributed by atoms with van der Waals surface area (Å²) in [5.41, 5.74) is 3.07. The molecule has 0 bridgehead atoms. The molecule has 2 atom stereocenters. The highest BCUT2D eigenvalue weighted by atomic mass is 16.1. The molecule has 0 radical (unpaired) electrons. The number of allylic oxidation sites excluding steroid dienone is 2. The Hall–Kier alpha value is -2.37. The largest absolute Gasteiger partial charge is 0.367 e. The second-order valence-corrected chi connectivity index (χ2v) is 7.31. The van der Waals surface area contributed by atoms with Crippen molar-refractivity contribution in [1.29, 1.82) is 0 Å². The lowest BCUT2D eigenvalue weighted by molar-refractivity contribution is -0.124. The second kappa shape index (κ2) is 7.89. The molecule has 1 fully saturated rings. The zero-order valence-electron chi connectivity index (χ0n) is 16.1. The Kier molecular flexibility index (Phi) is 5.59. The molecule has 3 rings (SSSR count). The zero-order chi connectivity index (χ0) is 18.7. The minimum atomic E-state index is 0.0294. The van der Waals surface area contributed by atoms with Crippen LogP contribution in [0.3, 0.4) is 0 Å². The quantitative estimate of drug-likeness (QED) is 0.830. The maximum Gasteiger partial charge on any atom is 0.222 e. The summed E-state index contributed by atoms with van der Waals surface area (Å²) in [4.78, 5) is 16.7. The number of rotatable bonds is 6. The molecule has 1 saturated carbocycles. The van der Waals surface area contributed by atoms with Crippen molar-refractivity contribution in [2.75, 3.05) is 5.32 Å². The van der Waals surface area contributed by atoms with Crippen LogP contribution in [-0.4, -0.2) is 32.6 Å². The molecule has 1 aliphatic rings. The number of hydrogen-bond donors (Lipinski definition) is 2. The minimum Gasteiger partial charge on any atom is -0.367 e. The van der Waals surface area contributed by atoms with E-state index < -0.39 is 0 Å². The predicted molar refractivity (Wildman–Crippen MR) is 105 cm³/mol. The molecule has 2 aromatic rings. The van der Waals surface area contributed by atoms with Crippen LogP contribution in [0.5, 0.6) is 0 Å². The van der Waals surface area contributed by atoms with Gasteiger partial charge in [0.25, 0.3) is 0 Å². The number of carbonyl (C=O) groups is 1. The van der Waals surface area contributed by atoms with Crippen molar-refractivity contribution in [2.45, 2.75) is 65.5 Å². The molecule has 6 nitrogen and oxygen atoms in total. The Morgan fingerprint density at radius 2 is 2.15 bits per heavy atom. The van der Waals surface area contributed by atoms with E-state index in [1.54, 1.807) is 6.20 Å². The van der Waals surface area contributed by atoms with E-state index in [2.05, 4.69) is 34.8 Å². The van der Waals surface area contributed by atoms with Crippen molar-refractivity contribution >= 4 is 22.9 Å². The number of carbonyl (C=O) groups excluding carboxylic acids is 1. The molecule has 2 aromatic heterocycles. The summed E-state index contributed by atoms with van der Waals surface area (Å²) < 4.78 is 1.85. The lowest BCUT2D eigenvalue weighted by Gasteiger charge is -2.18. The van der Waals surface area contributed by atoms with Gasteiger partial charge in [-0.05, 0) is 38.2 Å². The molecular weight excluding hydrogens is 326 g/mol. The van der Waals surface area contributed by atoms with Crippen molar-refractivity contribution in [3.8, 4) is 0 Å². The van der Waals surface area contributed by atoms with Gasteiger partial charge in [0, 0.05) is 30.1 Å². The number of nitrogens with one attached hydrogen (secondary N) is 2. The molecule has 0 unspecified atom stereocenters. The molecule has 6 heteroatoms. The highest BCUT2D eigenvalue weighted by Gasteiger charge is 2.27. The van der Waals surface area contributed by atoms with Crippen LogP contribution in [0.25, 0.3) is 11.2 Å². The molecular formula is C20H29N5O. The molecule has 1 aliphatic carbocycles. The molecule has 0 spiro atoms. The second-order valence-electron chi connectivity index (χ2n) is 7.31. The van der Waals surface area contributed by atoms with Gasteiger partial charge in [0.2, 0.25) is 5.91 Å². The minimum absolute atomic E-state index is 0.0294. The van der Waals surface area contributed by atoms with E-state index in [9.17, 15) is 4.79 Å². The summed E-state index contributed by atoms with van der Waals surface area (Å²) in [6, 6.07) is 4.58. The summed E-state index contributed by atoms with van der Waals surface area (Å²) in [5.74, 6) is 1.13. The van der Waals surface area contributed by atoms with Gasteiger partial charge in [-0.2, -0.15) is 9.61 Å². The third-order valence-corrected chi connectivity index (χ3v) is 5.07. The topological polar surface area (TPSA) is 71.3 Å². The maximum atomic E-state index is 11.9. The highest BCUT2D eigenvalue weighted by Crippen LogP contribution is 2.26. The molecule has 0 aromatic carbocycles. The van der Waals surface area contributed by atoms with Gasteiger partial charge in [-0.3, -0.25) is 4.79 Å². The van der Waals surface area contributed by atoms with Crippen molar-refractivity contribution in [2.24, 2.45) is 5.92 Å². The first kappa shape index (κ1) is 18.4. The smallest absolute Gasteiger partial charge is 0.222 e. The summed E-state index contributed by atoms with van der Waals surface area (Å²) in [6.07, 6.45) is 7.81. The van der Waals surface area contributed by atoms with Gasteiger partial charge in [-0.25, -0.2) is 4.98 Å². The lowest BCUT2D eigenvalue weighted by atomic mass is 10.1. The van der Waals surface area contributed by atoms with Gasteiger partial charge >= 0.3 is 0 Å². The summed E-state index contributed by atoms with van der Waals surface area (Å²) >= 11 is 0. The molecule has 26 heavy (non-hydrogen) atoms. The van der Waals surface area contributed by atoms with Crippen molar-refractivity contribution in [3.63, 3.8) is 0 Å². The number of nitrogens with zero attached hydrogens (tertiary/aromatic N) is 3. The monoisotopic (exact) mass is 355 g/mol. The summed E-state index contributed by atoms with van der Waals surface area (Å²) in [6.45, 7) is 8.05. The van der Waals surface area contributed by atoms with Gasteiger partial charge in [0.1, 0.15) is 5.82 Å². The molecule has 0 saturated heterocycles. The van der Waals surface area contributed by atoms with Gasteiger partial charge in [-0.1, -0.05) is 26.8 Å². The van der Waals surface area contributed by atoms with Gasteiger partial charge in [0.05, 0.1) is 11.9 Å². The summed E-state index contributed by atoms with van der Waals surface area (Å²) in [7, 11) is 0. The SMILES string of the molecule is C/C=C(\CC)c1cc(N[C@H]2CC[C@H](NC(=O)C(C)C)C2)n2nccc2n1. The zero-order valence-corrected chi connectivity index (χ0v) is 16.1. The van der Waals surface area contributed by atoms with E-state index in [1.807, 2.05) is 31.4 Å². The van der Waals surface area contributed by atoms with E-state index in [-0.39, 0.29) is 17.9 Å². The first-order valence-electron chi connectivity index (χ1n) is 9.59. The lowest BCUT2D eigenvalue weighted by Crippen LogP contribution is -2.36. The van der Waals surface area contributed by atoms with Crippen LogP contribution in [0.1, 0.15) is 59.1 Å². The average molecular weight is 355 g/mol. The third kappa shape index (κ3) is 3.89. The van der Waals surface area contributed by atoms with Crippen LogP contribution in [0.15, 0.2) is 24.4 Å². The molecule has 2 N–H and O–H groups in total. The van der Waals surface area contributed by atoms with Gasteiger partial charge in [-0.15, -0.1) is 0 Å². The molecule has 1 amide bonds. The van der Waals surface area contributed by atoms with Crippen LogP contribution in [-0.2, 0) is 4.79 Å². The van der Waals surface area contributed by atoms with Crippen LogP contribution in [0.2, 0.25) is 0 Å². The first-order valence-corrected chi connectivity index (χ1v) is 9.59. The Bertz CT molecular complexity index is 808. The standard InChI is InChI=1S/C20H29N5O/c1-5-14(6-2)17-12-19(25-18(24-17)9-10-21-25)22-15-7-8-16(11-15)23-20(26)13(3)4/h5,9-10,12-13,15-16,22H,6-8,11H2,1-4H3,(H,23,26)/b14-5+/t15-,16-/m0/s1. The molecule has 140 valence electrons. The summed E-state index contributed by atoms with van der Waals surface area (Å²) in [5, 5.41) is 11.2. The van der Waals surface area contributed by atoms with Crippen molar-refractivity contribution in [1.82, 2.24) is 19.9 Å². The number of fused-ring (bicyclic) bond motifs is 1. The van der Waals surface area contributed by atoms with E-state index in [1.165, 1.54) is 5.57 Å². The maximum absolute atomic E-state index is 11.9. The van der Waals surface area contributed by atoms with Crippen LogP contribution in [0.4, 0.5) is 5.82 Å². The molecule has 0 aliphatic heterocycles. The predicted octanol–water partition coefficient (Wildman–Crippen LogP) is 3.65. The van der Waals surface area contributed by atoms with E-state index in [0.29, 0.717) is 6.04 Å². The fraction of sp³-hybridized carbons (Fsp3) is 0.550. The van der Waals surface area contributed by atoms with Gasteiger partial charge < -0.3 is 10.6 Å². The normalized spacial score (nSPS) is 20.7. The fourth-order valence-electron chi connectivity index (χ4n) is 3.53. The van der Waals surface area contributed by atoms with Crippen LogP contribution < -0.4 is 10.6 Å². The van der Waals surface area contributed by atoms with E-state index in [4.69, 9.17) is 4.98 Å². The number of amides is 1. The van der Waals surface area contributed by atoms with Crippen molar-refractivity contribution in [3.05, 3.63) is 30.1 Å². The Morgan fingerprint density at radius 1 is 1.38 bits per heavy atom. The Labute approximate surface area is 155 Å². The van der Waals surface area contributed by atoms with E-state index >= 15 is 0 Å². The third-order valence-electron chi connectivity index (χ3n) is 5.07. The Morgan fingerprint density at radius 3 is 2.85 bits per heavy atom. The van der Waals surface area contributed by atoms with E-state index in [0.717, 1.165) is 42.8 Å². The average Bonchev–Trinajstić information content (AvgIpc) is 3.25. The first-order chi connectivity index (χ1) is 12.5. The number of anilines is 1.